The first kappa shape index (κ1) is 14.4. The monoisotopic (exact) mass is 327 g/mol. The molecule has 0 aliphatic rings. The number of nitrogens with zero attached hydrogens (tertiary/aromatic N) is 1. The molecule has 8 heteroatoms. The maximum atomic E-state index is 12.8. The van der Waals surface area contributed by atoms with Crippen LogP contribution in [0.2, 0.25) is 5.15 Å². The van der Waals surface area contributed by atoms with Gasteiger partial charge in [-0.15, -0.1) is 11.6 Å². The van der Waals surface area contributed by atoms with Crippen molar-refractivity contribution in [3.63, 3.8) is 0 Å². The third-order valence-electron chi connectivity index (χ3n) is 2.14. The SMILES string of the molecule is FC(F)(F)c1ccccc1Oc1nc(Cl)c(CCl)s1. The van der Waals surface area contributed by atoms with Crippen LogP contribution in [0.15, 0.2) is 24.3 Å². The Morgan fingerprint density at radius 3 is 2.53 bits per heavy atom. The summed E-state index contributed by atoms with van der Waals surface area (Å²) in [6.07, 6.45) is -4.49. The third kappa shape index (κ3) is 3.32. The van der Waals surface area contributed by atoms with Gasteiger partial charge in [0.25, 0.3) is 5.19 Å². The minimum atomic E-state index is -4.49. The maximum Gasteiger partial charge on any atom is 0.419 e. The number of ether oxygens (including phenoxy) is 1. The van der Waals surface area contributed by atoms with E-state index in [1.54, 1.807) is 0 Å². The van der Waals surface area contributed by atoms with Crippen LogP contribution >= 0.6 is 34.5 Å². The molecule has 1 aromatic carbocycles. The predicted octanol–water partition coefficient (Wildman–Crippen LogP) is 5.35. The summed E-state index contributed by atoms with van der Waals surface area (Å²) in [5.74, 6) is -0.192. The zero-order valence-electron chi connectivity index (χ0n) is 9.17. The van der Waals surface area contributed by atoms with Gasteiger partial charge in [-0.2, -0.15) is 18.2 Å². The van der Waals surface area contributed by atoms with Crippen molar-refractivity contribution in [2.24, 2.45) is 0 Å². The Balaban J connectivity index is 2.33. The van der Waals surface area contributed by atoms with E-state index in [-0.39, 0.29) is 22.0 Å². The smallest absolute Gasteiger partial charge is 0.419 e. The van der Waals surface area contributed by atoms with Crippen LogP contribution in [0.25, 0.3) is 0 Å². The molecule has 0 aliphatic carbocycles. The van der Waals surface area contributed by atoms with Gasteiger partial charge in [0.15, 0.2) is 0 Å². The molecule has 2 nitrogen and oxygen atoms in total. The van der Waals surface area contributed by atoms with Crippen LogP contribution in [-0.2, 0) is 12.1 Å². The number of halogens is 5. The maximum absolute atomic E-state index is 12.8. The average molecular weight is 328 g/mol. The number of benzene rings is 1. The van der Waals surface area contributed by atoms with Crippen molar-refractivity contribution in [3.05, 3.63) is 39.9 Å². The molecule has 0 amide bonds. The summed E-state index contributed by atoms with van der Waals surface area (Å²) in [4.78, 5) is 4.35. The highest BCUT2D eigenvalue weighted by molar-refractivity contribution is 7.14. The summed E-state index contributed by atoms with van der Waals surface area (Å²) in [5.41, 5.74) is -0.867. The molecule has 0 N–H and O–H groups in total. The van der Waals surface area contributed by atoms with Gasteiger partial charge in [0, 0.05) is 0 Å². The molecular weight excluding hydrogens is 322 g/mol. The molecule has 0 saturated heterocycles. The average Bonchev–Trinajstić information content (AvgIpc) is 2.69. The quantitative estimate of drug-likeness (QED) is 0.709. The number of hydrogen-bond acceptors (Lipinski definition) is 3. The molecule has 0 spiro atoms. The summed E-state index contributed by atoms with van der Waals surface area (Å²) in [6, 6.07) is 4.89. The molecule has 0 aliphatic heterocycles. The van der Waals surface area contributed by atoms with Gasteiger partial charge in [-0.05, 0) is 12.1 Å². The van der Waals surface area contributed by atoms with Crippen molar-refractivity contribution in [2.45, 2.75) is 12.1 Å². The standard InChI is InChI=1S/C11H6Cl2F3NOS/c12-5-8-9(13)17-10(19-8)18-7-4-2-1-3-6(7)11(14,15)16/h1-4H,5H2. The van der Waals surface area contributed by atoms with E-state index in [2.05, 4.69) is 4.98 Å². The normalized spacial score (nSPS) is 11.6. The topological polar surface area (TPSA) is 22.1 Å². The molecule has 0 fully saturated rings. The van der Waals surface area contributed by atoms with Crippen molar-refractivity contribution >= 4 is 34.5 Å². The van der Waals surface area contributed by atoms with Gasteiger partial charge in [-0.25, -0.2) is 0 Å². The molecule has 0 atom stereocenters. The third-order valence-corrected chi connectivity index (χ3v) is 3.92. The molecule has 0 saturated carbocycles. The van der Waals surface area contributed by atoms with Gasteiger partial charge < -0.3 is 4.74 Å². The molecule has 2 rings (SSSR count). The van der Waals surface area contributed by atoms with Crippen molar-refractivity contribution in [1.29, 1.82) is 0 Å². The lowest BCUT2D eigenvalue weighted by Gasteiger charge is -2.11. The first-order valence-corrected chi connectivity index (χ1v) is 6.70. The lowest BCUT2D eigenvalue weighted by atomic mass is 10.2. The van der Waals surface area contributed by atoms with Crippen molar-refractivity contribution < 1.29 is 17.9 Å². The van der Waals surface area contributed by atoms with E-state index < -0.39 is 11.7 Å². The molecule has 0 unspecified atom stereocenters. The second-order valence-corrected chi connectivity index (χ2v) is 5.09. The van der Waals surface area contributed by atoms with E-state index in [4.69, 9.17) is 27.9 Å². The van der Waals surface area contributed by atoms with Gasteiger partial charge >= 0.3 is 6.18 Å². The second-order valence-electron chi connectivity index (χ2n) is 3.42. The number of rotatable bonds is 3. The minimum Gasteiger partial charge on any atom is -0.430 e. The molecule has 102 valence electrons. The fourth-order valence-electron chi connectivity index (χ4n) is 1.32. The molecular formula is C11H6Cl2F3NOS. The van der Waals surface area contributed by atoms with Gasteiger partial charge in [0.05, 0.1) is 16.3 Å². The summed E-state index contributed by atoms with van der Waals surface area (Å²) in [6.45, 7) is 0. The Kier molecular flexibility index (Phi) is 4.23. The lowest BCUT2D eigenvalue weighted by molar-refractivity contribution is -0.138. The van der Waals surface area contributed by atoms with Crippen molar-refractivity contribution in [3.8, 4) is 10.9 Å². The van der Waals surface area contributed by atoms with Crippen LogP contribution in [0.3, 0.4) is 0 Å². The van der Waals surface area contributed by atoms with Gasteiger partial charge in [0.1, 0.15) is 10.9 Å². The number of alkyl halides is 4. The van der Waals surface area contributed by atoms with Gasteiger partial charge in [0.2, 0.25) is 0 Å². The highest BCUT2D eigenvalue weighted by Crippen LogP contribution is 2.39. The zero-order valence-corrected chi connectivity index (χ0v) is 11.5. The number of para-hydroxylation sites is 1. The number of aromatic nitrogens is 1. The first-order valence-electron chi connectivity index (χ1n) is 4.97. The van der Waals surface area contributed by atoms with Crippen LogP contribution in [0.1, 0.15) is 10.4 Å². The molecule has 19 heavy (non-hydrogen) atoms. The fraction of sp³-hybridized carbons (Fsp3) is 0.182. The van der Waals surface area contributed by atoms with Gasteiger partial charge in [-0.3, -0.25) is 0 Å². The van der Waals surface area contributed by atoms with Crippen molar-refractivity contribution in [1.82, 2.24) is 4.98 Å². The highest BCUT2D eigenvalue weighted by atomic mass is 35.5. The van der Waals surface area contributed by atoms with Crippen LogP contribution in [0.5, 0.6) is 10.9 Å². The predicted molar refractivity (Wildman–Crippen MR) is 68.2 cm³/mol. The Hall–Kier alpha value is -0.980. The van der Waals surface area contributed by atoms with E-state index in [1.807, 2.05) is 0 Å². The van der Waals surface area contributed by atoms with Crippen LogP contribution in [0, 0.1) is 0 Å². The Bertz CT molecular complexity index is 586. The molecule has 1 aromatic heterocycles. The van der Waals surface area contributed by atoms with Crippen LogP contribution < -0.4 is 4.74 Å². The van der Waals surface area contributed by atoms with Crippen LogP contribution in [-0.4, -0.2) is 4.98 Å². The Morgan fingerprint density at radius 2 is 1.95 bits per heavy atom. The van der Waals surface area contributed by atoms with Crippen molar-refractivity contribution in [2.75, 3.05) is 0 Å². The highest BCUT2D eigenvalue weighted by Gasteiger charge is 2.34. The molecule has 0 bridgehead atoms. The van der Waals surface area contributed by atoms with E-state index in [0.29, 0.717) is 4.88 Å². The lowest BCUT2D eigenvalue weighted by Crippen LogP contribution is -2.06. The summed E-state index contributed by atoms with van der Waals surface area (Å²) in [5, 5.41) is 0.164. The van der Waals surface area contributed by atoms with E-state index in [1.165, 1.54) is 18.2 Å². The Labute approximate surface area is 120 Å². The van der Waals surface area contributed by atoms with E-state index >= 15 is 0 Å². The Morgan fingerprint density at radius 1 is 1.26 bits per heavy atom. The summed E-state index contributed by atoms with van der Waals surface area (Å²) < 4.78 is 43.4. The molecule has 2 aromatic rings. The second kappa shape index (κ2) is 5.56. The van der Waals surface area contributed by atoms with Crippen LogP contribution in [0.4, 0.5) is 13.2 Å². The minimum absolute atomic E-state index is 0.0253. The molecule has 1 heterocycles. The number of thiazole rings is 1. The fourth-order valence-corrected chi connectivity index (χ4v) is 2.65. The zero-order chi connectivity index (χ0) is 14.0. The van der Waals surface area contributed by atoms with E-state index in [9.17, 15) is 13.2 Å². The number of hydrogen-bond donors (Lipinski definition) is 0. The summed E-state index contributed by atoms with van der Waals surface area (Å²) >= 11 is 12.4. The van der Waals surface area contributed by atoms with E-state index in [0.717, 1.165) is 17.4 Å². The molecule has 0 radical (unpaired) electrons. The first-order chi connectivity index (χ1) is 8.91. The largest absolute Gasteiger partial charge is 0.430 e. The van der Waals surface area contributed by atoms with Gasteiger partial charge in [-0.1, -0.05) is 35.1 Å². The summed E-state index contributed by atoms with van der Waals surface area (Å²) in [7, 11) is 0.